The van der Waals surface area contributed by atoms with Crippen LogP contribution in [0, 0.1) is 17.3 Å². The lowest BCUT2D eigenvalue weighted by atomic mass is 9.73. The van der Waals surface area contributed by atoms with Gasteiger partial charge >= 0.3 is 0 Å². The first-order valence-corrected chi connectivity index (χ1v) is 6.09. The highest BCUT2D eigenvalue weighted by molar-refractivity contribution is 5.98. The molecule has 0 amide bonds. The summed E-state index contributed by atoms with van der Waals surface area (Å²) in [7, 11) is 0. The first-order chi connectivity index (χ1) is 7.48. The van der Waals surface area contributed by atoms with Crippen LogP contribution in [-0.4, -0.2) is 11.9 Å². The molecule has 1 aliphatic heterocycles. The molecule has 0 aromatic heterocycles. The van der Waals surface area contributed by atoms with Crippen molar-refractivity contribution in [1.82, 2.24) is 0 Å². The van der Waals surface area contributed by atoms with Gasteiger partial charge in [-0.25, -0.2) is 0 Å². The minimum Gasteiger partial charge on any atom is -0.490 e. The largest absolute Gasteiger partial charge is 0.490 e. The molecule has 0 radical (unpaired) electrons. The van der Waals surface area contributed by atoms with Gasteiger partial charge in [0.2, 0.25) is 0 Å². The Balaban J connectivity index is 1.99. The van der Waals surface area contributed by atoms with Crippen molar-refractivity contribution in [3.8, 4) is 0 Å². The highest BCUT2D eigenvalue weighted by atomic mass is 16.5. The van der Waals surface area contributed by atoms with E-state index in [0.717, 1.165) is 17.8 Å². The molecule has 2 aliphatic carbocycles. The monoisotopic (exact) mass is 218 g/mol. The van der Waals surface area contributed by atoms with Crippen LogP contribution >= 0.6 is 0 Å². The van der Waals surface area contributed by atoms with E-state index in [1.807, 2.05) is 0 Å². The summed E-state index contributed by atoms with van der Waals surface area (Å²) in [6.45, 7) is 6.46. The second-order valence-electron chi connectivity index (χ2n) is 6.13. The zero-order chi connectivity index (χ0) is 11.5. The Labute approximate surface area is 96.4 Å². The topological polar surface area (TPSA) is 26.3 Å². The molecular weight excluding hydrogens is 200 g/mol. The highest BCUT2D eigenvalue weighted by Gasteiger charge is 2.48. The molecule has 0 aromatic rings. The SMILES string of the molecule is C[C@@H]1C=C[C@H]2OC3=C(C(=O)CC(C)(C)C3)[C@@H]12. The number of allylic oxidation sites excluding steroid dienone is 2. The van der Waals surface area contributed by atoms with Crippen LogP contribution in [0.5, 0.6) is 0 Å². The van der Waals surface area contributed by atoms with Gasteiger partial charge in [-0.1, -0.05) is 26.8 Å². The number of hydrogen-bond donors (Lipinski definition) is 0. The third kappa shape index (κ3) is 1.28. The molecule has 86 valence electrons. The average Bonchev–Trinajstić information content (AvgIpc) is 2.64. The molecule has 2 nitrogen and oxygen atoms in total. The van der Waals surface area contributed by atoms with Crippen molar-refractivity contribution in [2.45, 2.75) is 39.7 Å². The van der Waals surface area contributed by atoms with Gasteiger partial charge in [-0.3, -0.25) is 4.79 Å². The highest BCUT2D eigenvalue weighted by Crippen LogP contribution is 2.49. The fourth-order valence-electron chi connectivity index (χ4n) is 3.28. The summed E-state index contributed by atoms with van der Waals surface area (Å²) in [6.07, 6.45) is 6.02. The Morgan fingerprint density at radius 3 is 2.81 bits per heavy atom. The summed E-state index contributed by atoms with van der Waals surface area (Å²) in [5, 5.41) is 0. The predicted octanol–water partition coefficient (Wildman–Crippen LogP) is 2.85. The van der Waals surface area contributed by atoms with Crippen LogP contribution < -0.4 is 0 Å². The van der Waals surface area contributed by atoms with E-state index in [9.17, 15) is 4.79 Å². The summed E-state index contributed by atoms with van der Waals surface area (Å²) in [5.74, 6) is 2.04. The Hall–Kier alpha value is -1.05. The molecule has 3 aliphatic rings. The average molecular weight is 218 g/mol. The second kappa shape index (κ2) is 2.99. The van der Waals surface area contributed by atoms with Gasteiger partial charge < -0.3 is 4.74 Å². The van der Waals surface area contributed by atoms with E-state index in [2.05, 4.69) is 32.9 Å². The van der Waals surface area contributed by atoms with E-state index in [1.54, 1.807) is 0 Å². The molecule has 3 atom stereocenters. The van der Waals surface area contributed by atoms with Crippen LogP contribution in [0.25, 0.3) is 0 Å². The van der Waals surface area contributed by atoms with Crippen molar-refractivity contribution in [2.75, 3.05) is 0 Å². The first kappa shape index (κ1) is 10.1. The van der Waals surface area contributed by atoms with Crippen LogP contribution in [0.3, 0.4) is 0 Å². The molecule has 0 fully saturated rings. The maximum Gasteiger partial charge on any atom is 0.163 e. The molecule has 0 saturated carbocycles. The number of hydrogen-bond acceptors (Lipinski definition) is 2. The number of ether oxygens (including phenoxy) is 1. The van der Waals surface area contributed by atoms with E-state index in [4.69, 9.17) is 4.74 Å². The van der Waals surface area contributed by atoms with E-state index in [1.165, 1.54) is 0 Å². The summed E-state index contributed by atoms with van der Waals surface area (Å²) >= 11 is 0. The van der Waals surface area contributed by atoms with Crippen LogP contribution in [0.1, 0.15) is 33.6 Å². The number of carbonyl (C=O) groups excluding carboxylic acids is 1. The molecule has 0 N–H and O–H groups in total. The molecule has 16 heavy (non-hydrogen) atoms. The normalized spacial score (nSPS) is 39.7. The summed E-state index contributed by atoms with van der Waals surface area (Å²) < 4.78 is 5.94. The number of ketones is 1. The van der Waals surface area contributed by atoms with Gasteiger partial charge in [-0.05, 0) is 17.4 Å². The van der Waals surface area contributed by atoms with Crippen molar-refractivity contribution in [3.63, 3.8) is 0 Å². The van der Waals surface area contributed by atoms with Crippen molar-refractivity contribution in [2.24, 2.45) is 17.3 Å². The van der Waals surface area contributed by atoms with Gasteiger partial charge in [-0.2, -0.15) is 0 Å². The minimum atomic E-state index is 0.0709. The molecule has 3 rings (SSSR count). The molecule has 2 heteroatoms. The van der Waals surface area contributed by atoms with Gasteiger partial charge in [-0.15, -0.1) is 0 Å². The summed E-state index contributed by atoms with van der Waals surface area (Å²) in [5.41, 5.74) is 1.07. The van der Waals surface area contributed by atoms with Gasteiger partial charge in [0.25, 0.3) is 0 Å². The maximum absolute atomic E-state index is 12.2. The number of rotatable bonds is 0. The second-order valence-corrected chi connectivity index (χ2v) is 6.13. The smallest absolute Gasteiger partial charge is 0.163 e. The van der Waals surface area contributed by atoms with Crippen LogP contribution in [0.2, 0.25) is 0 Å². The molecular formula is C14H18O2. The van der Waals surface area contributed by atoms with Gasteiger partial charge in [0.05, 0.1) is 0 Å². The number of Topliss-reactive ketones (excluding diaryl/α,β-unsaturated/α-hetero) is 1. The first-order valence-electron chi connectivity index (χ1n) is 6.09. The lowest BCUT2D eigenvalue weighted by Crippen LogP contribution is -2.27. The van der Waals surface area contributed by atoms with Crippen LogP contribution in [-0.2, 0) is 9.53 Å². The van der Waals surface area contributed by atoms with Gasteiger partial charge in [0, 0.05) is 24.3 Å². The molecule has 0 spiro atoms. The molecule has 0 aromatic carbocycles. The molecule has 1 heterocycles. The van der Waals surface area contributed by atoms with Crippen molar-refractivity contribution in [3.05, 3.63) is 23.5 Å². The Kier molecular flexibility index (Phi) is 1.90. The van der Waals surface area contributed by atoms with Gasteiger partial charge in [0.15, 0.2) is 5.78 Å². The molecule has 0 unspecified atom stereocenters. The van der Waals surface area contributed by atoms with E-state index >= 15 is 0 Å². The Morgan fingerprint density at radius 1 is 1.31 bits per heavy atom. The maximum atomic E-state index is 12.2. The molecule has 0 bridgehead atoms. The van der Waals surface area contributed by atoms with Crippen molar-refractivity contribution < 1.29 is 9.53 Å². The van der Waals surface area contributed by atoms with Gasteiger partial charge in [0.1, 0.15) is 11.9 Å². The number of fused-ring (bicyclic) bond motifs is 2. The zero-order valence-electron chi connectivity index (χ0n) is 10.1. The lowest BCUT2D eigenvalue weighted by molar-refractivity contribution is -0.118. The van der Waals surface area contributed by atoms with E-state index < -0.39 is 0 Å². The summed E-state index contributed by atoms with van der Waals surface area (Å²) in [6, 6.07) is 0. The van der Waals surface area contributed by atoms with Crippen LogP contribution in [0.15, 0.2) is 23.5 Å². The Morgan fingerprint density at radius 2 is 2.06 bits per heavy atom. The third-order valence-corrected chi connectivity index (χ3v) is 4.02. The number of carbonyl (C=O) groups is 1. The van der Waals surface area contributed by atoms with E-state index in [0.29, 0.717) is 24.0 Å². The van der Waals surface area contributed by atoms with Crippen LogP contribution in [0.4, 0.5) is 0 Å². The minimum absolute atomic E-state index is 0.0709. The summed E-state index contributed by atoms with van der Waals surface area (Å²) in [4.78, 5) is 12.2. The third-order valence-electron chi connectivity index (χ3n) is 4.02. The van der Waals surface area contributed by atoms with Crippen molar-refractivity contribution >= 4 is 5.78 Å². The fraction of sp³-hybridized carbons (Fsp3) is 0.643. The zero-order valence-corrected chi connectivity index (χ0v) is 10.1. The van der Waals surface area contributed by atoms with Crippen molar-refractivity contribution in [1.29, 1.82) is 0 Å². The predicted molar refractivity (Wildman–Crippen MR) is 61.7 cm³/mol. The fourth-order valence-corrected chi connectivity index (χ4v) is 3.28. The Bertz CT molecular complexity index is 414. The van der Waals surface area contributed by atoms with E-state index in [-0.39, 0.29) is 11.5 Å². The lowest BCUT2D eigenvalue weighted by Gasteiger charge is -2.29. The standard InChI is InChI=1S/C14H18O2/c1-8-4-5-10-12(8)13-9(15)6-14(2,3)7-11(13)16-10/h4-5,8,10,12H,6-7H2,1-3H3/t8-,10-,12+/m1/s1. The quantitative estimate of drug-likeness (QED) is 0.584. The molecule has 0 saturated heterocycles.